The topological polar surface area (TPSA) is 60.2 Å². The van der Waals surface area contributed by atoms with Crippen molar-refractivity contribution in [2.45, 2.75) is 32.5 Å². The van der Waals surface area contributed by atoms with Gasteiger partial charge in [-0.1, -0.05) is 23.7 Å². The molecule has 0 amide bonds. The number of benzene rings is 1. The first-order valence-corrected chi connectivity index (χ1v) is 7.29. The van der Waals surface area contributed by atoms with E-state index in [2.05, 4.69) is 15.5 Å². The molecule has 2 rings (SSSR count). The summed E-state index contributed by atoms with van der Waals surface area (Å²) in [5.74, 6) is 0.958. The number of aromatic nitrogens is 2. The zero-order chi connectivity index (χ0) is 16.9. The molecule has 0 saturated carbocycles. The van der Waals surface area contributed by atoms with Crippen molar-refractivity contribution in [3.8, 4) is 5.75 Å². The van der Waals surface area contributed by atoms with Crippen LogP contribution in [-0.2, 0) is 13.0 Å². The molecule has 0 radical (unpaired) electrons. The number of anilines is 1. The van der Waals surface area contributed by atoms with Crippen molar-refractivity contribution in [3.63, 3.8) is 0 Å². The van der Waals surface area contributed by atoms with Crippen LogP contribution in [0.2, 0.25) is 5.02 Å². The molecule has 1 heterocycles. The summed E-state index contributed by atoms with van der Waals surface area (Å²) in [7, 11) is 0. The molecule has 1 aromatic heterocycles. The van der Waals surface area contributed by atoms with Crippen molar-refractivity contribution in [1.82, 2.24) is 10.1 Å². The van der Waals surface area contributed by atoms with Gasteiger partial charge in [0.05, 0.1) is 12.2 Å². The van der Waals surface area contributed by atoms with E-state index in [0.29, 0.717) is 28.8 Å². The van der Waals surface area contributed by atoms with E-state index in [1.807, 2.05) is 6.92 Å². The van der Waals surface area contributed by atoms with E-state index >= 15 is 0 Å². The second-order valence-electron chi connectivity index (χ2n) is 4.75. The van der Waals surface area contributed by atoms with Gasteiger partial charge in [0.25, 0.3) is 0 Å². The van der Waals surface area contributed by atoms with Crippen molar-refractivity contribution in [3.05, 3.63) is 34.9 Å². The predicted octanol–water partition coefficient (Wildman–Crippen LogP) is 4.23. The Kier molecular flexibility index (Phi) is 5.70. The maximum absolute atomic E-state index is 12.3. The van der Waals surface area contributed by atoms with E-state index in [1.165, 1.54) is 18.2 Å². The largest absolute Gasteiger partial charge is 0.482 e. The van der Waals surface area contributed by atoms with Gasteiger partial charge in [0.1, 0.15) is 5.75 Å². The molecule has 0 spiro atoms. The summed E-state index contributed by atoms with van der Waals surface area (Å²) in [5.41, 5.74) is 0.317. The van der Waals surface area contributed by atoms with Gasteiger partial charge in [-0.25, -0.2) is 0 Å². The molecule has 5 nitrogen and oxygen atoms in total. The van der Waals surface area contributed by atoms with Gasteiger partial charge >= 0.3 is 6.18 Å². The summed E-state index contributed by atoms with van der Waals surface area (Å²) in [6, 6.07) is 4.29. The molecular formula is C14H15ClF3N3O2. The summed E-state index contributed by atoms with van der Waals surface area (Å²) in [6.07, 6.45) is -2.84. The van der Waals surface area contributed by atoms with Gasteiger partial charge < -0.3 is 14.6 Å². The van der Waals surface area contributed by atoms with E-state index in [1.54, 1.807) is 0 Å². The Morgan fingerprint density at radius 3 is 2.83 bits per heavy atom. The van der Waals surface area contributed by atoms with Gasteiger partial charge in [-0.3, -0.25) is 0 Å². The Hall–Kier alpha value is -1.96. The summed E-state index contributed by atoms with van der Waals surface area (Å²) < 4.78 is 46.6. The molecule has 23 heavy (non-hydrogen) atoms. The highest BCUT2D eigenvalue weighted by Crippen LogP contribution is 2.30. The monoisotopic (exact) mass is 349 g/mol. The predicted molar refractivity (Wildman–Crippen MR) is 78.6 cm³/mol. The van der Waals surface area contributed by atoms with Gasteiger partial charge in [-0.05, 0) is 24.6 Å². The van der Waals surface area contributed by atoms with Crippen LogP contribution in [0.1, 0.15) is 25.1 Å². The Morgan fingerprint density at radius 2 is 2.13 bits per heavy atom. The minimum atomic E-state index is -4.42. The quantitative estimate of drug-likeness (QED) is 0.810. The average molecular weight is 350 g/mol. The molecule has 2 aromatic rings. The van der Waals surface area contributed by atoms with Gasteiger partial charge in [-0.15, -0.1) is 0 Å². The molecule has 0 saturated heterocycles. The highest BCUT2D eigenvalue weighted by atomic mass is 35.5. The van der Waals surface area contributed by atoms with Gasteiger partial charge in [0, 0.05) is 11.4 Å². The molecular weight excluding hydrogens is 335 g/mol. The Labute approximate surface area is 135 Å². The number of halogens is 4. The summed E-state index contributed by atoms with van der Waals surface area (Å²) in [5, 5.41) is 7.05. The highest BCUT2D eigenvalue weighted by molar-refractivity contribution is 6.30. The molecule has 0 atom stereocenters. The number of rotatable bonds is 7. The maximum atomic E-state index is 12.3. The molecule has 9 heteroatoms. The van der Waals surface area contributed by atoms with Crippen molar-refractivity contribution in [1.29, 1.82) is 0 Å². The third kappa shape index (κ3) is 5.63. The lowest BCUT2D eigenvalue weighted by atomic mass is 10.3. The second kappa shape index (κ2) is 7.54. The fourth-order valence-electron chi connectivity index (χ4n) is 1.78. The molecule has 1 aromatic carbocycles. The van der Waals surface area contributed by atoms with E-state index in [4.69, 9.17) is 20.9 Å². The van der Waals surface area contributed by atoms with Crippen LogP contribution in [0, 0.1) is 0 Å². The number of ether oxygens (including phenoxy) is 1. The Balaban J connectivity index is 2.03. The number of alkyl halides is 3. The highest BCUT2D eigenvalue weighted by Gasteiger charge is 2.28. The van der Waals surface area contributed by atoms with Crippen molar-refractivity contribution < 1.29 is 22.4 Å². The Bertz CT molecular complexity index is 646. The zero-order valence-corrected chi connectivity index (χ0v) is 13.0. The van der Waals surface area contributed by atoms with Crippen LogP contribution in [0.15, 0.2) is 22.7 Å². The molecule has 0 fully saturated rings. The molecule has 0 aliphatic rings. The van der Waals surface area contributed by atoms with Gasteiger partial charge in [0.15, 0.2) is 12.4 Å². The van der Waals surface area contributed by atoms with Crippen LogP contribution in [0.25, 0.3) is 0 Å². The fourth-order valence-corrected chi connectivity index (χ4v) is 1.96. The van der Waals surface area contributed by atoms with Gasteiger partial charge in [0.2, 0.25) is 5.89 Å². The minimum Gasteiger partial charge on any atom is -0.482 e. The number of hydrogen-bond donors (Lipinski definition) is 1. The number of hydrogen-bond acceptors (Lipinski definition) is 5. The summed E-state index contributed by atoms with van der Waals surface area (Å²) in [6.45, 7) is 0.758. The van der Waals surface area contributed by atoms with E-state index in [0.717, 1.165) is 6.42 Å². The molecule has 0 bridgehead atoms. The lowest BCUT2D eigenvalue weighted by molar-refractivity contribution is -0.153. The molecule has 126 valence electrons. The van der Waals surface area contributed by atoms with Crippen LogP contribution < -0.4 is 10.1 Å². The molecule has 1 N–H and O–H groups in total. The smallest absolute Gasteiger partial charge is 0.422 e. The molecule has 0 aliphatic heterocycles. The van der Waals surface area contributed by atoms with Crippen LogP contribution in [0.3, 0.4) is 0 Å². The zero-order valence-electron chi connectivity index (χ0n) is 12.3. The second-order valence-corrected chi connectivity index (χ2v) is 5.19. The van der Waals surface area contributed by atoms with Crippen molar-refractivity contribution in [2.24, 2.45) is 0 Å². The lowest BCUT2D eigenvalue weighted by Crippen LogP contribution is -2.19. The summed E-state index contributed by atoms with van der Waals surface area (Å²) >= 11 is 5.86. The van der Waals surface area contributed by atoms with Gasteiger partial charge in [-0.2, -0.15) is 18.2 Å². The first kappa shape index (κ1) is 17.4. The van der Waals surface area contributed by atoms with E-state index in [9.17, 15) is 13.2 Å². The van der Waals surface area contributed by atoms with Crippen molar-refractivity contribution >= 4 is 17.3 Å². The fraction of sp³-hybridized carbons (Fsp3) is 0.429. The standard InChI is InChI=1S/C14H15ClF3N3O2/c1-2-3-12-20-13(23-21-12)7-19-10-6-9(15)4-5-11(10)22-8-14(16,17)18/h4-6,19H,2-3,7-8H2,1H3. The summed E-state index contributed by atoms with van der Waals surface area (Å²) in [4.78, 5) is 4.16. The molecule has 0 unspecified atom stereocenters. The normalized spacial score (nSPS) is 11.5. The first-order valence-electron chi connectivity index (χ1n) is 6.92. The SMILES string of the molecule is CCCc1noc(CNc2cc(Cl)ccc2OCC(F)(F)F)n1. The first-order chi connectivity index (χ1) is 10.9. The molecule has 0 aliphatic carbocycles. The van der Waals surface area contributed by atoms with E-state index < -0.39 is 12.8 Å². The number of aryl methyl sites for hydroxylation is 1. The van der Waals surface area contributed by atoms with Crippen LogP contribution in [-0.4, -0.2) is 22.9 Å². The van der Waals surface area contributed by atoms with Crippen molar-refractivity contribution in [2.75, 3.05) is 11.9 Å². The third-order valence-electron chi connectivity index (χ3n) is 2.75. The minimum absolute atomic E-state index is 0.0417. The van der Waals surface area contributed by atoms with Crippen LogP contribution in [0.4, 0.5) is 18.9 Å². The average Bonchev–Trinajstić information content (AvgIpc) is 2.91. The van der Waals surface area contributed by atoms with E-state index in [-0.39, 0.29) is 12.3 Å². The lowest BCUT2D eigenvalue weighted by Gasteiger charge is -2.14. The third-order valence-corrected chi connectivity index (χ3v) is 2.98. The number of nitrogens with one attached hydrogen (secondary N) is 1. The number of nitrogens with zero attached hydrogens (tertiary/aromatic N) is 2. The Morgan fingerprint density at radius 1 is 1.35 bits per heavy atom. The maximum Gasteiger partial charge on any atom is 0.422 e. The van der Waals surface area contributed by atoms with Crippen LogP contribution >= 0.6 is 11.6 Å². The van der Waals surface area contributed by atoms with Crippen LogP contribution in [0.5, 0.6) is 5.75 Å².